The van der Waals surface area contributed by atoms with Gasteiger partial charge in [0.1, 0.15) is 5.88 Å². The molecular formula is C10H12ClNO3. The lowest BCUT2D eigenvalue weighted by molar-refractivity contribution is -0.115. The summed E-state index contributed by atoms with van der Waals surface area (Å²) in [4.78, 5) is 19.9. The lowest BCUT2D eigenvalue weighted by Crippen LogP contribution is -2.10. The van der Waals surface area contributed by atoms with Gasteiger partial charge < -0.3 is 10.8 Å². The van der Waals surface area contributed by atoms with Crippen LogP contribution in [-0.4, -0.2) is 22.9 Å². The van der Waals surface area contributed by atoms with Gasteiger partial charge in [-0.05, 0) is 18.6 Å². The molecule has 0 fully saturated rings. The maximum Gasteiger partial charge on any atom is 0.335 e. The number of carbonyl (C=O) groups is 2. The standard InChI is InChI=1S/C8H8O2.C2H4ClNO/c1-6-4-2-3-5-7(6)8(9)10;3-1-2(4)5/h2-5H,1H3,(H,9,10);1H2,(H2,4,5). The number of amides is 1. The Hall–Kier alpha value is -1.55. The zero-order valence-electron chi connectivity index (χ0n) is 8.24. The number of aromatic carboxylic acids is 1. The molecule has 1 rings (SSSR count). The molecule has 5 heteroatoms. The van der Waals surface area contributed by atoms with Gasteiger partial charge in [0.2, 0.25) is 5.91 Å². The zero-order chi connectivity index (χ0) is 11.8. The van der Waals surface area contributed by atoms with E-state index in [0.29, 0.717) is 5.56 Å². The number of nitrogens with two attached hydrogens (primary N) is 1. The number of carbonyl (C=O) groups excluding carboxylic acids is 1. The number of halogens is 1. The maximum atomic E-state index is 10.4. The van der Waals surface area contributed by atoms with Crippen LogP contribution in [0.15, 0.2) is 24.3 Å². The lowest BCUT2D eigenvalue weighted by atomic mass is 10.1. The number of primary amides is 1. The normalized spacial score (nSPS) is 8.67. The molecule has 1 aromatic rings. The predicted octanol–water partition coefficient (Wildman–Crippen LogP) is 1.40. The Morgan fingerprint density at radius 2 is 1.87 bits per heavy atom. The molecule has 0 unspecified atom stereocenters. The highest BCUT2D eigenvalue weighted by Gasteiger charge is 2.02. The van der Waals surface area contributed by atoms with Gasteiger partial charge in [0.25, 0.3) is 0 Å². The molecule has 15 heavy (non-hydrogen) atoms. The molecule has 1 aromatic carbocycles. The molecule has 0 spiro atoms. The summed E-state index contributed by atoms with van der Waals surface area (Å²) in [6, 6.07) is 6.92. The van der Waals surface area contributed by atoms with Crippen molar-refractivity contribution in [3.05, 3.63) is 35.4 Å². The van der Waals surface area contributed by atoms with Crippen LogP contribution in [0.1, 0.15) is 15.9 Å². The number of carboxylic acid groups (broad SMARTS) is 1. The van der Waals surface area contributed by atoms with Gasteiger partial charge in [0.15, 0.2) is 0 Å². The third kappa shape index (κ3) is 5.70. The molecule has 0 saturated carbocycles. The van der Waals surface area contributed by atoms with Crippen molar-refractivity contribution in [3.63, 3.8) is 0 Å². The summed E-state index contributed by atoms with van der Waals surface area (Å²) in [7, 11) is 0. The van der Waals surface area contributed by atoms with E-state index >= 15 is 0 Å². The van der Waals surface area contributed by atoms with Gasteiger partial charge in [-0.3, -0.25) is 4.79 Å². The Labute approximate surface area is 92.7 Å². The van der Waals surface area contributed by atoms with Gasteiger partial charge in [-0.15, -0.1) is 11.6 Å². The van der Waals surface area contributed by atoms with Crippen molar-refractivity contribution in [1.29, 1.82) is 0 Å². The minimum atomic E-state index is -0.863. The second-order valence-electron chi connectivity index (χ2n) is 2.72. The van der Waals surface area contributed by atoms with Gasteiger partial charge in [0.05, 0.1) is 5.56 Å². The third-order valence-corrected chi connectivity index (χ3v) is 1.77. The van der Waals surface area contributed by atoms with E-state index in [4.69, 9.17) is 16.7 Å². The Balaban J connectivity index is 0.000000336. The monoisotopic (exact) mass is 229 g/mol. The van der Waals surface area contributed by atoms with E-state index in [1.54, 1.807) is 25.1 Å². The van der Waals surface area contributed by atoms with Crippen LogP contribution in [0.25, 0.3) is 0 Å². The topological polar surface area (TPSA) is 80.4 Å². The van der Waals surface area contributed by atoms with Gasteiger partial charge in [-0.1, -0.05) is 18.2 Å². The van der Waals surface area contributed by atoms with Crippen LogP contribution in [0.3, 0.4) is 0 Å². The quantitative estimate of drug-likeness (QED) is 0.753. The van der Waals surface area contributed by atoms with Crippen molar-refractivity contribution >= 4 is 23.5 Å². The van der Waals surface area contributed by atoms with Crippen molar-refractivity contribution in [2.45, 2.75) is 6.92 Å². The maximum absolute atomic E-state index is 10.4. The van der Waals surface area contributed by atoms with Crippen molar-refractivity contribution in [1.82, 2.24) is 0 Å². The van der Waals surface area contributed by atoms with Crippen molar-refractivity contribution in [2.75, 3.05) is 5.88 Å². The van der Waals surface area contributed by atoms with Gasteiger partial charge in [-0.2, -0.15) is 0 Å². The van der Waals surface area contributed by atoms with Crippen LogP contribution in [-0.2, 0) is 4.79 Å². The summed E-state index contributed by atoms with van der Waals surface area (Å²) < 4.78 is 0. The first kappa shape index (κ1) is 13.4. The molecule has 0 aliphatic heterocycles. The summed E-state index contributed by atoms with van der Waals surface area (Å²) in [5.41, 5.74) is 5.70. The SMILES string of the molecule is Cc1ccccc1C(=O)O.NC(=O)CCl. The fourth-order valence-electron chi connectivity index (χ4n) is 0.813. The average molecular weight is 230 g/mol. The first-order valence-corrected chi connectivity index (χ1v) is 4.65. The largest absolute Gasteiger partial charge is 0.478 e. The molecule has 1 amide bonds. The third-order valence-electron chi connectivity index (χ3n) is 1.51. The molecule has 82 valence electrons. The second kappa shape index (κ2) is 6.84. The number of aryl methyl sites for hydroxylation is 1. The number of alkyl halides is 1. The summed E-state index contributed by atoms with van der Waals surface area (Å²) in [5.74, 6) is -1.43. The number of hydrogen-bond acceptors (Lipinski definition) is 2. The van der Waals surface area contributed by atoms with E-state index in [-0.39, 0.29) is 5.88 Å². The van der Waals surface area contributed by atoms with Gasteiger partial charge in [-0.25, -0.2) is 4.79 Å². The van der Waals surface area contributed by atoms with E-state index < -0.39 is 11.9 Å². The molecule has 0 saturated heterocycles. The van der Waals surface area contributed by atoms with Gasteiger partial charge in [0, 0.05) is 0 Å². The Bertz CT molecular complexity index is 352. The number of hydrogen-bond donors (Lipinski definition) is 2. The molecule has 0 aliphatic rings. The van der Waals surface area contributed by atoms with Gasteiger partial charge >= 0.3 is 5.97 Å². The highest BCUT2D eigenvalue weighted by atomic mass is 35.5. The highest BCUT2D eigenvalue weighted by Crippen LogP contribution is 2.05. The Kier molecular flexibility index (Phi) is 6.13. The molecule has 0 heterocycles. The fraction of sp³-hybridized carbons (Fsp3) is 0.200. The van der Waals surface area contributed by atoms with E-state index in [1.807, 2.05) is 6.07 Å². The zero-order valence-corrected chi connectivity index (χ0v) is 8.99. The highest BCUT2D eigenvalue weighted by molar-refractivity contribution is 6.27. The van der Waals surface area contributed by atoms with Crippen LogP contribution in [0.5, 0.6) is 0 Å². The Morgan fingerprint density at radius 1 is 1.40 bits per heavy atom. The average Bonchev–Trinajstić information content (AvgIpc) is 2.19. The molecular weight excluding hydrogens is 218 g/mol. The summed E-state index contributed by atoms with van der Waals surface area (Å²) in [6.45, 7) is 1.78. The number of rotatable bonds is 2. The molecule has 0 bridgehead atoms. The van der Waals surface area contributed by atoms with Crippen molar-refractivity contribution < 1.29 is 14.7 Å². The van der Waals surface area contributed by atoms with Crippen LogP contribution in [0, 0.1) is 6.92 Å². The van der Waals surface area contributed by atoms with E-state index in [9.17, 15) is 9.59 Å². The first-order chi connectivity index (χ1) is 6.99. The Morgan fingerprint density at radius 3 is 2.13 bits per heavy atom. The van der Waals surface area contributed by atoms with Crippen molar-refractivity contribution in [2.24, 2.45) is 5.73 Å². The predicted molar refractivity (Wildman–Crippen MR) is 58.1 cm³/mol. The van der Waals surface area contributed by atoms with Crippen LogP contribution < -0.4 is 5.73 Å². The second-order valence-corrected chi connectivity index (χ2v) is 2.99. The smallest absolute Gasteiger partial charge is 0.335 e. The molecule has 0 aromatic heterocycles. The fourth-order valence-corrected chi connectivity index (χ4v) is 0.813. The molecule has 0 aliphatic carbocycles. The lowest BCUT2D eigenvalue weighted by Gasteiger charge is -1.96. The molecule has 3 N–H and O–H groups in total. The minimum absolute atomic E-state index is 0.0833. The molecule has 0 atom stereocenters. The van der Waals surface area contributed by atoms with Crippen LogP contribution >= 0.6 is 11.6 Å². The molecule has 0 radical (unpaired) electrons. The number of benzene rings is 1. The molecule has 4 nitrogen and oxygen atoms in total. The van der Waals surface area contributed by atoms with E-state index in [2.05, 4.69) is 5.73 Å². The van der Waals surface area contributed by atoms with Crippen molar-refractivity contribution in [3.8, 4) is 0 Å². The van der Waals surface area contributed by atoms with E-state index in [1.165, 1.54) is 0 Å². The number of carboxylic acids is 1. The first-order valence-electron chi connectivity index (χ1n) is 4.12. The van der Waals surface area contributed by atoms with Crippen LogP contribution in [0.4, 0.5) is 0 Å². The van der Waals surface area contributed by atoms with Crippen LogP contribution in [0.2, 0.25) is 0 Å². The summed E-state index contributed by atoms with van der Waals surface area (Å²) in [5, 5.41) is 8.57. The summed E-state index contributed by atoms with van der Waals surface area (Å²) >= 11 is 4.86. The summed E-state index contributed by atoms with van der Waals surface area (Å²) in [6.07, 6.45) is 0. The van der Waals surface area contributed by atoms with E-state index in [0.717, 1.165) is 5.56 Å². The minimum Gasteiger partial charge on any atom is -0.478 e.